The van der Waals surface area contributed by atoms with Gasteiger partial charge < -0.3 is 5.32 Å². The van der Waals surface area contributed by atoms with Crippen molar-refractivity contribution in [1.82, 2.24) is 9.97 Å². The lowest BCUT2D eigenvalue weighted by atomic mass is 10.1. The summed E-state index contributed by atoms with van der Waals surface area (Å²) in [4.78, 5) is 8.98. The first kappa shape index (κ1) is 13.5. The van der Waals surface area contributed by atoms with Crippen LogP contribution in [0.15, 0.2) is 30.3 Å². The van der Waals surface area contributed by atoms with Gasteiger partial charge in [0.15, 0.2) is 0 Å². The van der Waals surface area contributed by atoms with Crippen LogP contribution in [0, 0.1) is 6.92 Å². The molecule has 0 radical (unpaired) electrons. The minimum Gasteiger partial charge on any atom is -0.354 e. The van der Waals surface area contributed by atoms with Crippen molar-refractivity contribution in [3.05, 3.63) is 41.6 Å². The van der Waals surface area contributed by atoms with Gasteiger partial charge in [0, 0.05) is 17.8 Å². The van der Waals surface area contributed by atoms with Gasteiger partial charge in [0.1, 0.15) is 0 Å². The van der Waals surface area contributed by atoms with E-state index in [1.807, 2.05) is 13.0 Å². The zero-order valence-electron chi connectivity index (χ0n) is 11.9. The Labute approximate surface area is 115 Å². The Bertz CT molecular complexity index is 532. The molecule has 2 rings (SSSR count). The van der Waals surface area contributed by atoms with Crippen molar-refractivity contribution in [3.63, 3.8) is 0 Å². The number of hydrogen-bond acceptors (Lipinski definition) is 3. The van der Waals surface area contributed by atoms with E-state index in [9.17, 15) is 0 Å². The van der Waals surface area contributed by atoms with Gasteiger partial charge >= 0.3 is 0 Å². The quantitative estimate of drug-likeness (QED) is 0.882. The van der Waals surface area contributed by atoms with E-state index < -0.39 is 0 Å². The van der Waals surface area contributed by atoms with E-state index in [1.54, 1.807) is 0 Å². The molecule has 1 heterocycles. The first-order chi connectivity index (χ1) is 9.22. The summed E-state index contributed by atoms with van der Waals surface area (Å²) < 4.78 is 0. The third kappa shape index (κ3) is 3.53. The second-order valence-corrected chi connectivity index (χ2v) is 4.70. The molecule has 1 aromatic heterocycles. The van der Waals surface area contributed by atoms with Crippen LogP contribution >= 0.6 is 0 Å². The van der Waals surface area contributed by atoms with Gasteiger partial charge in [0.05, 0.1) is 5.69 Å². The molecule has 0 fully saturated rings. The number of aromatic nitrogens is 2. The van der Waals surface area contributed by atoms with Crippen molar-refractivity contribution in [2.45, 2.75) is 33.6 Å². The normalized spacial score (nSPS) is 10.5. The first-order valence-corrected chi connectivity index (χ1v) is 6.91. The van der Waals surface area contributed by atoms with Gasteiger partial charge in [-0.15, -0.1) is 0 Å². The topological polar surface area (TPSA) is 37.8 Å². The maximum Gasteiger partial charge on any atom is 0.223 e. The maximum atomic E-state index is 4.57. The Morgan fingerprint density at radius 2 is 1.79 bits per heavy atom. The molecule has 19 heavy (non-hydrogen) atoms. The first-order valence-electron chi connectivity index (χ1n) is 6.91. The fraction of sp³-hybridized carbons (Fsp3) is 0.375. The predicted molar refractivity (Wildman–Crippen MR) is 80.4 cm³/mol. The monoisotopic (exact) mass is 255 g/mol. The van der Waals surface area contributed by atoms with Crippen molar-refractivity contribution in [1.29, 1.82) is 0 Å². The molecule has 0 amide bonds. The van der Waals surface area contributed by atoms with Crippen molar-refractivity contribution >= 4 is 5.95 Å². The molecular weight excluding hydrogens is 234 g/mol. The summed E-state index contributed by atoms with van der Waals surface area (Å²) in [6.07, 6.45) is 2.13. The average Bonchev–Trinajstić information content (AvgIpc) is 2.44. The van der Waals surface area contributed by atoms with E-state index in [2.05, 4.69) is 53.4 Å². The van der Waals surface area contributed by atoms with Crippen molar-refractivity contribution in [3.8, 4) is 11.3 Å². The van der Waals surface area contributed by atoms with E-state index in [0.717, 1.165) is 42.3 Å². The van der Waals surface area contributed by atoms with Gasteiger partial charge in [0.2, 0.25) is 5.95 Å². The van der Waals surface area contributed by atoms with Crippen molar-refractivity contribution in [2.75, 3.05) is 11.9 Å². The number of rotatable bonds is 5. The van der Waals surface area contributed by atoms with Crippen LogP contribution in [-0.4, -0.2) is 16.5 Å². The van der Waals surface area contributed by atoms with E-state index in [4.69, 9.17) is 0 Å². The van der Waals surface area contributed by atoms with Crippen LogP contribution in [-0.2, 0) is 6.42 Å². The molecule has 0 unspecified atom stereocenters. The van der Waals surface area contributed by atoms with Gasteiger partial charge in [-0.2, -0.15) is 0 Å². The van der Waals surface area contributed by atoms with Crippen LogP contribution in [0.5, 0.6) is 0 Å². The van der Waals surface area contributed by atoms with E-state index >= 15 is 0 Å². The van der Waals surface area contributed by atoms with Crippen molar-refractivity contribution in [2.24, 2.45) is 0 Å². The minimum atomic E-state index is 0.719. The van der Waals surface area contributed by atoms with Gasteiger partial charge in [-0.05, 0) is 31.4 Å². The summed E-state index contributed by atoms with van der Waals surface area (Å²) >= 11 is 0. The molecule has 0 bridgehead atoms. The minimum absolute atomic E-state index is 0.719. The predicted octanol–water partition coefficient (Wildman–Crippen LogP) is 3.84. The van der Waals surface area contributed by atoms with Crippen LogP contribution in [0.4, 0.5) is 5.95 Å². The highest BCUT2D eigenvalue weighted by molar-refractivity contribution is 5.61. The van der Waals surface area contributed by atoms with Gasteiger partial charge in [-0.3, -0.25) is 0 Å². The number of hydrogen-bond donors (Lipinski definition) is 1. The van der Waals surface area contributed by atoms with Crippen LogP contribution < -0.4 is 5.32 Å². The van der Waals surface area contributed by atoms with Crippen molar-refractivity contribution < 1.29 is 0 Å². The molecule has 0 aliphatic rings. The molecule has 0 aliphatic heterocycles. The maximum absolute atomic E-state index is 4.57. The molecule has 0 atom stereocenters. The Hall–Kier alpha value is -1.90. The molecule has 1 aromatic carbocycles. The highest BCUT2D eigenvalue weighted by atomic mass is 15.1. The SMILES string of the molecule is CCCNc1nc(C)cc(-c2ccc(CC)cc2)n1. The summed E-state index contributed by atoms with van der Waals surface area (Å²) in [5.74, 6) is 0.719. The second-order valence-electron chi connectivity index (χ2n) is 4.70. The summed E-state index contributed by atoms with van der Waals surface area (Å²) in [5.41, 5.74) is 4.46. The van der Waals surface area contributed by atoms with E-state index in [0.29, 0.717) is 0 Å². The molecule has 0 aliphatic carbocycles. The van der Waals surface area contributed by atoms with Crippen LogP contribution in [0.2, 0.25) is 0 Å². The Morgan fingerprint density at radius 1 is 1.05 bits per heavy atom. The molecule has 3 heteroatoms. The number of anilines is 1. The molecule has 1 N–H and O–H groups in total. The summed E-state index contributed by atoms with van der Waals surface area (Å²) in [6, 6.07) is 10.6. The lowest BCUT2D eigenvalue weighted by Crippen LogP contribution is -2.05. The Morgan fingerprint density at radius 3 is 2.42 bits per heavy atom. The zero-order chi connectivity index (χ0) is 13.7. The zero-order valence-corrected chi connectivity index (χ0v) is 11.9. The molecule has 0 spiro atoms. The van der Waals surface area contributed by atoms with E-state index in [1.165, 1.54) is 5.56 Å². The lowest BCUT2D eigenvalue weighted by Gasteiger charge is -2.08. The average molecular weight is 255 g/mol. The van der Waals surface area contributed by atoms with Crippen LogP contribution in [0.25, 0.3) is 11.3 Å². The molecule has 0 saturated carbocycles. The molecule has 0 saturated heterocycles. The third-order valence-electron chi connectivity index (χ3n) is 3.05. The highest BCUT2D eigenvalue weighted by Gasteiger charge is 2.04. The standard InChI is InChI=1S/C16H21N3/c1-4-10-17-16-18-12(3)11-15(19-16)14-8-6-13(5-2)7-9-14/h6-9,11H,4-5,10H2,1-3H3,(H,17,18,19). The van der Waals surface area contributed by atoms with Crippen LogP contribution in [0.1, 0.15) is 31.5 Å². The number of nitrogens with zero attached hydrogens (tertiary/aromatic N) is 2. The molecule has 3 nitrogen and oxygen atoms in total. The summed E-state index contributed by atoms with van der Waals surface area (Å²) in [7, 11) is 0. The lowest BCUT2D eigenvalue weighted by molar-refractivity contribution is 0.947. The highest BCUT2D eigenvalue weighted by Crippen LogP contribution is 2.20. The smallest absolute Gasteiger partial charge is 0.223 e. The number of aryl methyl sites for hydroxylation is 2. The fourth-order valence-electron chi connectivity index (χ4n) is 1.94. The summed E-state index contributed by atoms with van der Waals surface area (Å²) in [5, 5.41) is 3.25. The molecule has 2 aromatic rings. The van der Waals surface area contributed by atoms with Crippen LogP contribution in [0.3, 0.4) is 0 Å². The van der Waals surface area contributed by atoms with E-state index in [-0.39, 0.29) is 0 Å². The largest absolute Gasteiger partial charge is 0.354 e. The Balaban J connectivity index is 2.29. The Kier molecular flexibility index (Phi) is 4.50. The van der Waals surface area contributed by atoms with Gasteiger partial charge in [0.25, 0.3) is 0 Å². The summed E-state index contributed by atoms with van der Waals surface area (Å²) in [6.45, 7) is 7.20. The van der Waals surface area contributed by atoms with Gasteiger partial charge in [-0.1, -0.05) is 38.1 Å². The molecular formula is C16H21N3. The number of nitrogens with one attached hydrogen (secondary N) is 1. The second kappa shape index (κ2) is 6.32. The number of benzene rings is 1. The van der Waals surface area contributed by atoms with Gasteiger partial charge in [-0.25, -0.2) is 9.97 Å². The third-order valence-corrected chi connectivity index (χ3v) is 3.05. The molecule has 100 valence electrons. The fourth-order valence-corrected chi connectivity index (χ4v) is 1.94.